The largest absolute Gasteiger partial charge is 0.478 e. The molecule has 104 valence electrons. The molecule has 0 saturated carbocycles. The first-order valence-electron chi connectivity index (χ1n) is 5.94. The highest BCUT2D eigenvalue weighted by Gasteiger charge is 2.12. The first kappa shape index (κ1) is 14.6. The van der Waals surface area contributed by atoms with Gasteiger partial charge in [0.1, 0.15) is 0 Å². The molecular weight excluding hydrogens is 298 g/mol. The number of nitrogens with one attached hydrogen (secondary N) is 1. The third kappa shape index (κ3) is 3.18. The van der Waals surface area contributed by atoms with E-state index in [0.717, 1.165) is 11.3 Å². The molecule has 0 aliphatic carbocycles. The van der Waals surface area contributed by atoms with Gasteiger partial charge in [0.05, 0.1) is 21.2 Å². The van der Waals surface area contributed by atoms with Crippen molar-refractivity contribution in [1.29, 1.82) is 0 Å². The first-order valence-corrected chi connectivity index (χ1v) is 7.13. The molecule has 0 radical (unpaired) electrons. The summed E-state index contributed by atoms with van der Waals surface area (Å²) in [5.74, 6) is -1.31. The molecule has 2 rings (SSSR count). The minimum Gasteiger partial charge on any atom is -0.478 e. The molecule has 1 aromatic heterocycles. The van der Waals surface area contributed by atoms with Crippen molar-refractivity contribution in [1.82, 2.24) is 0 Å². The van der Waals surface area contributed by atoms with Crippen LogP contribution in [0.3, 0.4) is 0 Å². The summed E-state index contributed by atoms with van der Waals surface area (Å²) in [7, 11) is 0. The molecule has 1 heterocycles. The van der Waals surface area contributed by atoms with E-state index in [2.05, 4.69) is 5.32 Å². The normalized spacial score (nSPS) is 10.3. The number of carbonyl (C=O) groups excluding carboxylic acids is 1. The molecular formula is C14H12ClNO3S. The quantitative estimate of drug-likeness (QED) is 0.899. The Bertz CT molecular complexity index is 666. The third-order valence-electron chi connectivity index (χ3n) is 2.70. The molecule has 2 N–H and O–H groups in total. The molecule has 0 atom stereocenters. The Morgan fingerprint density at radius 3 is 2.60 bits per heavy atom. The van der Waals surface area contributed by atoms with Crippen molar-refractivity contribution in [3.8, 4) is 0 Å². The zero-order valence-electron chi connectivity index (χ0n) is 10.6. The standard InChI is InChI=1S/C14H12ClNO3S/c1-2-9-4-6-12(20-9)13(17)16-11-5-3-8(14(18)19)7-10(11)15/h3-7H,2H2,1H3,(H,16,17)(H,18,19). The fourth-order valence-corrected chi connectivity index (χ4v) is 2.69. The van der Waals surface area contributed by atoms with E-state index in [1.165, 1.54) is 29.5 Å². The van der Waals surface area contributed by atoms with Crippen molar-refractivity contribution in [3.05, 3.63) is 50.7 Å². The van der Waals surface area contributed by atoms with Gasteiger partial charge in [0.25, 0.3) is 5.91 Å². The molecule has 1 aromatic carbocycles. The molecule has 6 heteroatoms. The van der Waals surface area contributed by atoms with Gasteiger partial charge >= 0.3 is 5.97 Å². The van der Waals surface area contributed by atoms with Crippen molar-refractivity contribution in [2.45, 2.75) is 13.3 Å². The van der Waals surface area contributed by atoms with Gasteiger partial charge in [0.15, 0.2) is 0 Å². The fourth-order valence-electron chi connectivity index (χ4n) is 1.62. The van der Waals surface area contributed by atoms with Gasteiger partial charge < -0.3 is 10.4 Å². The van der Waals surface area contributed by atoms with Crippen LogP contribution >= 0.6 is 22.9 Å². The summed E-state index contributed by atoms with van der Waals surface area (Å²) < 4.78 is 0. The second-order valence-corrected chi connectivity index (χ2v) is 5.65. The van der Waals surface area contributed by atoms with Gasteiger partial charge in [0.2, 0.25) is 0 Å². The number of aromatic carboxylic acids is 1. The van der Waals surface area contributed by atoms with Crippen molar-refractivity contribution >= 4 is 40.5 Å². The molecule has 0 bridgehead atoms. The lowest BCUT2D eigenvalue weighted by molar-refractivity contribution is 0.0696. The molecule has 0 aliphatic rings. The predicted molar refractivity (Wildman–Crippen MR) is 80.1 cm³/mol. The van der Waals surface area contributed by atoms with E-state index in [9.17, 15) is 9.59 Å². The van der Waals surface area contributed by atoms with E-state index in [1.54, 1.807) is 6.07 Å². The Balaban J connectivity index is 2.17. The number of amides is 1. The highest BCUT2D eigenvalue weighted by Crippen LogP contribution is 2.25. The van der Waals surface area contributed by atoms with Crippen LogP contribution in [0.4, 0.5) is 5.69 Å². The van der Waals surface area contributed by atoms with Crippen molar-refractivity contribution < 1.29 is 14.7 Å². The van der Waals surface area contributed by atoms with E-state index < -0.39 is 5.97 Å². The molecule has 0 aliphatic heterocycles. The Hall–Kier alpha value is -1.85. The van der Waals surface area contributed by atoms with E-state index in [-0.39, 0.29) is 16.5 Å². The minimum absolute atomic E-state index is 0.0809. The van der Waals surface area contributed by atoms with Crippen LogP contribution in [0.1, 0.15) is 31.8 Å². The molecule has 0 spiro atoms. The molecule has 0 unspecified atom stereocenters. The van der Waals surface area contributed by atoms with Gasteiger partial charge in [-0.15, -0.1) is 11.3 Å². The van der Waals surface area contributed by atoms with Crippen molar-refractivity contribution in [3.63, 3.8) is 0 Å². The zero-order valence-corrected chi connectivity index (χ0v) is 12.2. The van der Waals surface area contributed by atoms with E-state index >= 15 is 0 Å². The smallest absolute Gasteiger partial charge is 0.335 e. The number of halogens is 1. The Labute approximate surface area is 125 Å². The Morgan fingerprint density at radius 2 is 2.05 bits per heavy atom. The number of carboxylic acid groups (broad SMARTS) is 1. The Morgan fingerprint density at radius 1 is 1.30 bits per heavy atom. The number of aryl methyl sites for hydroxylation is 1. The Kier molecular flexibility index (Phi) is 4.42. The SMILES string of the molecule is CCc1ccc(C(=O)Nc2ccc(C(=O)O)cc2Cl)s1. The molecule has 20 heavy (non-hydrogen) atoms. The van der Waals surface area contributed by atoms with Gasteiger partial charge in [0, 0.05) is 4.88 Å². The average Bonchev–Trinajstić information content (AvgIpc) is 2.89. The second-order valence-electron chi connectivity index (χ2n) is 4.07. The molecule has 2 aromatic rings. The van der Waals surface area contributed by atoms with Crippen LogP contribution in [0, 0.1) is 0 Å². The first-order chi connectivity index (χ1) is 9.51. The number of carboxylic acids is 1. The van der Waals surface area contributed by atoms with Crippen LogP contribution in [0.5, 0.6) is 0 Å². The topological polar surface area (TPSA) is 66.4 Å². The van der Waals surface area contributed by atoms with Gasteiger partial charge in [-0.1, -0.05) is 18.5 Å². The summed E-state index contributed by atoms with van der Waals surface area (Å²) in [6.45, 7) is 2.02. The van der Waals surface area contributed by atoms with Gasteiger partial charge in [-0.3, -0.25) is 4.79 Å². The maximum absolute atomic E-state index is 12.0. The number of thiophene rings is 1. The maximum Gasteiger partial charge on any atom is 0.335 e. The number of benzene rings is 1. The average molecular weight is 310 g/mol. The van der Waals surface area contributed by atoms with Crippen LogP contribution in [0.2, 0.25) is 5.02 Å². The highest BCUT2D eigenvalue weighted by atomic mass is 35.5. The lowest BCUT2D eigenvalue weighted by Crippen LogP contribution is -2.10. The minimum atomic E-state index is -1.06. The van der Waals surface area contributed by atoms with Crippen molar-refractivity contribution in [2.24, 2.45) is 0 Å². The maximum atomic E-state index is 12.0. The van der Waals surface area contributed by atoms with Crippen LogP contribution in [-0.2, 0) is 6.42 Å². The summed E-state index contributed by atoms with van der Waals surface area (Å²) in [5, 5.41) is 11.7. The van der Waals surface area contributed by atoms with Crippen LogP contribution in [0.25, 0.3) is 0 Å². The van der Waals surface area contributed by atoms with Crippen molar-refractivity contribution in [2.75, 3.05) is 5.32 Å². The van der Waals surface area contributed by atoms with E-state index in [0.29, 0.717) is 10.6 Å². The summed E-state index contributed by atoms with van der Waals surface area (Å²) in [6.07, 6.45) is 0.881. The number of anilines is 1. The molecule has 0 fully saturated rings. The zero-order chi connectivity index (χ0) is 14.7. The van der Waals surface area contributed by atoms with E-state index in [4.69, 9.17) is 16.7 Å². The van der Waals surface area contributed by atoms with E-state index in [1.807, 2.05) is 13.0 Å². The number of hydrogen-bond acceptors (Lipinski definition) is 3. The lowest BCUT2D eigenvalue weighted by Gasteiger charge is -2.06. The molecule has 0 saturated heterocycles. The molecule has 1 amide bonds. The van der Waals surface area contributed by atoms with Gasteiger partial charge in [-0.25, -0.2) is 4.79 Å². The summed E-state index contributed by atoms with van der Waals surface area (Å²) in [6, 6.07) is 7.87. The monoisotopic (exact) mass is 309 g/mol. The van der Waals surface area contributed by atoms with Crippen LogP contribution < -0.4 is 5.32 Å². The number of hydrogen-bond donors (Lipinski definition) is 2. The lowest BCUT2D eigenvalue weighted by atomic mass is 10.2. The number of carbonyl (C=O) groups is 2. The third-order valence-corrected chi connectivity index (χ3v) is 4.24. The van der Waals surface area contributed by atoms with Crippen LogP contribution in [-0.4, -0.2) is 17.0 Å². The highest BCUT2D eigenvalue weighted by molar-refractivity contribution is 7.14. The summed E-state index contributed by atoms with van der Waals surface area (Å²) in [5.41, 5.74) is 0.477. The van der Waals surface area contributed by atoms with Gasteiger partial charge in [-0.05, 0) is 36.8 Å². The fraction of sp³-hybridized carbons (Fsp3) is 0.143. The summed E-state index contributed by atoms with van der Waals surface area (Å²) >= 11 is 7.39. The van der Waals surface area contributed by atoms with Gasteiger partial charge in [-0.2, -0.15) is 0 Å². The molecule has 4 nitrogen and oxygen atoms in total. The number of rotatable bonds is 4. The van der Waals surface area contributed by atoms with Crippen LogP contribution in [0.15, 0.2) is 30.3 Å². The predicted octanol–water partition coefficient (Wildman–Crippen LogP) is 3.91. The summed E-state index contributed by atoms with van der Waals surface area (Å²) in [4.78, 5) is 24.6. The second kappa shape index (κ2) is 6.07.